The number of rotatable bonds is 9. The lowest BCUT2D eigenvalue weighted by Crippen LogP contribution is -2.31. The number of thioether (sulfide) groups is 1. The minimum absolute atomic E-state index is 1.13. The van der Waals surface area contributed by atoms with Gasteiger partial charge in [0, 0.05) is 25.4 Å². The molecule has 0 saturated heterocycles. The van der Waals surface area contributed by atoms with E-state index in [-0.39, 0.29) is 0 Å². The maximum atomic E-state index is 3.45. The largest absolute Gasteiger partial charge is 0.315 e. The average Bonchev–Trinajstić information content (AvgIpc) is 2.14. The van der Waals surface area contributed by atoms with Gasteiger partial charge in [-0.05, 0) is 26.3 Å². The summed E-state index contributed by atoms with van der Waals surface area (Å²) in [6, 6.07) is 0. The van der Waals surface area contributed by atoms with Crippen LogP contribution in [0.2, 0.25) is 0 Å². The molecule has 80 valence electrons. The fourth-order valence-electron chi connectivity index (χ4n) is 1.06. The molecule has 0 saturated carbocycles. The molecular formula is C10H24N2S. The van der Waals surface area contributed by atoms with Crippen molar-refractivity contribution in [1.29, 1.82) is 0 Å². The van der Waals surface area contributed by atoms with Crippen molar-refractivity contribution < 1.29 is 0 Å². The molecule has 0 aliphatic carbocycles. The van der Waals surface area contributed by atoms with Crippen LogP contribution in [-0.2, 0) is 0 Å². The second kappa shape index (κ2) is 10.4. The molecule has 3 heteroatoms. The Labute approximate surface area is 87.5 Å². The minimum Gasteiger partial charge on any atom is -0.315 e. The van der Waals surface area contributed by atoms with Crippen molar-refractivity contribution in [2.45, 2.75) is 19.8 Å². The highest BCUT2D eigenvalue weighted by molar-refractivity contribution is 7.98. The van der Waals surface area contributed by atoms with Gasteiger partial charge in [-0.15, -0.1) is 0 Å². The topological polar surface area (TPSA) is 15.3 Å². The molecule has 0 aromatic heterocycles. The Morgan fingerprint density at radius 3 is 2.62 bits per heavy atom. The molecule has 0 aromatic rings. The Balaban J connectivity index is 3.03. The highest BCUT2D eigenvalue weighted by atomic mass is 32.2. The van der Waals surface area contributed by atoms with Crippen LogP contribution in [0, 0.1) is 0 Å². The number of nitrogens with zero attached hydrogens (tertiary/aromatic N) is 1. The normalized spacial score (nSPS) is 11.1. The van der Waals surface area contributed by atoms with Gasteiger partial charge >= 0.3 is 0 Å². The highest BCUT2D eigenvalue weighted by Crippen LogP contribution is 1.92. The van der Waals surface area contributed by atoms with E-state index in [2.05, 4.69) is 30.4 Å². The second-order valence-corrected chi connectivity index (χ2v) is 4.39. The van der Waals surface area contributed by atoms with Crippen LogP contribution in [-0.4, -0.2) is 50.1 Å². The van der Waals surface area contributed by atoms with Crippen molar-refractivity contribution >= 4 is 11.8 Å². The Morgan fingerprint density at radius 2 is 2.00 bits per heavy atom. The first kappa shape index (κ1) is 13.3. The first-order valence-corrected chi connectivity index (χ1v) is 6.58. The summed E-state index contributed by atoms with van der Waals surface area (Å²) in [6.07, 6.45) is 4.75. The first-order valence-electron chi connectivity index (χ1n) is 5.19. The van der Waals surface area contributed by atoms with Crippen LogP contribution in [0.4, 0.5) is 0 Å². The Bertz CT molecular complexity index is 98.9. The summed E-state index contributed by atoms with van der Waals surface area (Å²) in [7, 11) is 2.19. The molecule has 13 heavy (non-hydrogen) atoms. The van der Waals surface area contributed by atoms with E-state index in [1.165, 1.54) is 38.2 Å². The zero-order valence-corrected chi connectivity index (χ0v) is 10.1. The van der Waals surface area contributed by atoms with E-state index in [1.54, 1.807) is 0 Å². The van der Waals surface area contributed by atoms with E-state index in [9.17, 15) is 0 Å². The van der Waals surface area contributed by atoms with Gasteiger partial charge in [-0.25, -0.2) is 0 Å². The maximum absolute atomic E-state index is 3.45. The summed E-state index contributed by atoms with van der Waals surface area (Å²) < 4.78 is 0. The summed E-state index contributed by atoms with van der Waals surface area (Å²) in [5.41, 5.74) is 0. The van der Waals surface area contributed by atoms with Crippen LogP contribution < -0.4 is 5.32 Å². The van der Waals surface area contributed by atoms with Gasteiger partial charge < -0.3 is 10.2 Å². The number of hydrogen-bond donors (Lipinski definition) is 1. The van der Waals surface area contributed by atoms with Crippen molar-refractivity contribution in [3.05, 3.63) is 0 Å². The fraction of sp³-hybridized carbons (Fsp3) is 1.00. The van der Waals surface area contributed by atoms with Crippen molar-refractivity contribution in [3.63, 3.8) is 0 Å². The highest BCUT2D eigenvalue weighted by Gasteiger charge is 1.95. The van der Waals surface area contributed by atoms with Gasteiger partial charge in [0.25, 0.3) is 0 Å². The SMILES string of the molecule is CCCCNCCN(C)CCSC. The van der Waals surface area contributed by atoms with Crippen LogP contribution >= 0.6 is 11.8 Å². The molecular weight excluding hydrogens is 180 g/mol. The van der Waals surface area contributed by atoms with Gasteiger partial charge in [0.15, 0.2) is 0 Å². The summed E-state index contributed by atoms with van der Waals surface area (Å²) in [4.78, 5) is 2.38. The van der Waals surface area contributed by atoms with Crippen molar-refractivity contribution in [1.82, 2.24) is 10.2 Å². The van der Waals surface area contributed by atoms with E-state index in [1.807, 2.05) is 11.8 Å². The van der Waals surface area contributed by atoms with Gasteiger partial charge in [0.1, 0.15) is 0 Å². The maximum Gasteiger partial charge on any atom is 0.0104 e. The first-order chi connectivity index (χ1) is 6.31. The van der Waals surface area contributed by atoms with Gasteiger partial charge in [0.2, 0.25) is 0 Å². The number of hydrogen-bond acceptors (Lipinski definition) is 3. The molecule has 0 atom stereocenters. The van der Waals surface area contributed by atoms with E-state index < -0.39 is 0 Å². The summed E-state index contributed by atoms with van der Waals surface area (Å²) in [6.45, 7) is 6.91. The van der Waals surface area contributed by atoms with Crippen molar-refractivity contribution in [2.75, 3.05) is 45.2 Å². The monoisotopic (exact) mass is 204 g/mol. The van der Waals surface area contributed by atoms with Gasteiger partial charge in [-0.2, -0.15) is 11.8 Å². The summed E-state index contributed by atoms with van der Waals surface area (Å²) in [5.74, 6) is 1.24. The smallest absolute Gasteiger partial charge is 0.0104 e. The van der Waals surface area contributed by atoms with Crippen LogP contribution in [0.25, 0.3) is 0 Å². The zero-order chi connectivity index (χ0) is 9.94. The quantitative estimate of drug-likeness (QED) is 0.575. The molecule has 0 aliphatic rings. The molecule has 1 N–H and O–H groups in total. The average molecular weight is 204 g/mol. The van der Waals surface area contributed by atoms with Crippen LogP contribution in [0.1, 0.15) is 19.8 Å². The van der Waals surface area contributed by atoms with Gasteiger partial charge in [0.05, 0.1) is 0 Å². The Morgan fingerprint density at radius 1 is 1.23 bits per heavy atom. The standard InChI is InChI=1S/C10H24N2S/c1-4-5-6-11-7-8-12(2)9-10-13-3/h11H,4-10H2,1-3H3. The molecule has 0 heterocycles. The van der Waals surface area contributed by atoms with Crippen molar-refractivity contribution in [3.8, 4) is 0 Å². The van der Waals surface area contributed by atoms with Gasteiger partial charge in [-0.3, -0.25) is 0 Å². The molecule has 0 fully saturated rings. The van der Waals surface area contributed by atoms with E-state index >= 15 is 0 Å². The molecule has 0 aliphatic heterocycles. The Hall–Kier alpha value is 0.270. The molecule has 0 amide bonds. The second-order valence-electron chi connectivity index (χ2n) is 3.40. The fourth-order valence-corrected chi connectivity index (χ4v) is 1.55. The third-order valence-electron chi connectivity index (χ3n) is 2.05. The number of nitrogens with one attached hydrogen (secondary N) is 1. The molecule has 2 nitrogen and oxygen atoms in total. The van der Waals surface area contributed by atoms with Crippen LogP contribution in [0.3, 0.4) is 0 Å². The van der Waals surface area contributed by atoms with E-state index in [4.69, 9.17) is 0 Å². The van der Waals surface area contributed by atoms with Crippen LogP contribution in [0.5, 0.6) is 0 Å². The lowest BCUT2D eigenvalue weighted by molar-refractivity contribution is 0.351. The predicted molar refractivity (Wildman–Crippen MR) is 63.7 cm³/mol. The molecule has 0 radical (unpaired) electrons. The summed E-state index contributed by atoms with van der Waals surface area (Å²) >= 11 is 1.92. The van der Waals surface area contributed by atoms with E-state index in [0.29, 0.717) is 0 Å². The zero-order valence-electron chi connectivity index (χ0n) is 9.31. The molecule has 0 aromatic carbocycles. The van der Waals surface area contributed by atoms with E-state index in [0.717, 1.165) is 6.54 Å². The third kappa shape index (κ3) is 10.2. The molecule has 0 unspecified atom stereocenters. The molecule has 0 rings (SSSR count). The lowest BCUT2D eigenvalue weighted by Gasteiger charge is -2.15. The summed E-state index contributed by atoms with van der Waals surface area (Å²) in [5, 5.41) is 3.45. The van der Waals surface area contributed by atoms with Gasteiger partial charge in [-0.1, -0.05) is 13.3 Å². The molecule has 0 spiro atoms. The third-order valence-corrected chi connectivity index (χ3v) is 2.65. The minimum atomic E-state index is 1.13. The van der Waals surface area contributed by atoms with Crippen molar-refractivity contribution in [2.24, 2.45) is 0 Å². The lowest BCUT2D eigenvalue weighted by atomic mass is 10.3. The predicted octanol–water partition coefficient (Wildman–Crippen LogP) is 1.67. The molecule has 0 bridgehead atoms. The van der Waals surface area contributed by atoms with Crippen LogP contribution in [0.15, 0.2) is 0 Å². The Kier molecular flexibility index (Phi) is 10.6. The number of unbranched alkanes of at least 4 members (excludes halogenated alkanes) is 1. The number of likely N-dealkylation sites (N-methyl/N-ethyl adjacent to an activating group) is 1.